The van der Waals surface area contributed by atoms with Crippen LogP contribution in [0.1, 0.15) is 23.6 Å². The highest BCUT2D eigenvalue weighted by atomic mass is 19.4. The summed E-state index contributed by atoms with van der Waals surface area (Å²) in [6, 6.07) is 1.72. The van der Waals surface area contributed by atoms with Crippen LogP contribution >= 0.6 is 0 Å². The monoisotopic (exact) mass is 315 g/mol. The van der Waals surface area contributed by atoms with Crippen molar-refractivity contribution in [2.75, 3.05) is 6.61 Å². The number of hydrogen-bond donors (Lipinski definition) is 1. The van der Waals surface area contributed by atoms with Crippen molar-refractivity contribution in [2.24, 2.45) is 0 Å². The molecule has 0 aliphatic carbocycles. The third kappa shape index (κ3) is 4.54. The van der Waals surface area contributed by atoms with E-state index in [0.717, 1.165) is 0 Å². The Kier molecular flexibility index (Phi) is 5.08. The number of benzene rings is 1. The van der Waals surface area contributed by atoms with Crippen molar-refractivity contribution in [2.45, 2.75) is 25.8 Å². The molecule has 0 bridgehead atoms. The Hall–Kier alpha value is -1.93. The molecule has 0 saturated heterocycles. The van der Waals surface area contributed by atoms with Gasteiger partial charge in [-0.3, -0.25) is 0 Å². The average Bonchev–Trinajstić information content (AvgIpc) is 2.34. The van der Waals surface area contributed by atoms with Gasteiger partial charge in [-0.25, -0.2) is 4.79 Å². The smallest absolute Gasteiger partial charge is 0.416 e. The molecule has 9 heteroatoms. The molecule has 0 saturated carbocycles. The van der Waals surface area contributed by atoms with Crippen LogP contribution in [0.5, 0.6) is 0 Å². The van der Waals surface area contributed by atoms with Crippen molar-refractivity contribution in [3.8, 4) is 0 Å². The Morgan fingerprint density at radius 3 is 1.95 bits per heavy atom. The lowest BCUT2D eigenvalue weighted by molar-refractivity contribution is -0.144. The second-order valence-electron chi connectivity index (χ2n) is 3.90. The molecular formula is C12H11F6NO2. The molecule has 1 N–H and O–H groups in total. The van der Waals surface area contributed by atoms with Crippen LogP contribution in [0.2, 0.25) is 0 Å². The predicted molar refractivity (Wildman–Crippen MR) is 60.3 cm³/mol. The molecule has 0 aliphatic heterocycles. The molecule has 0 spiro atoms. The van der Waals surface area contributed by atoms with Crippen molar-refractivity contribution in [1.29, 1.82) is 0 Å². The van der Waals surface area contributed by atoms with Gasteiger partial charge in [-0.15, -0.1) is 0 Å². The molecule has 3 nitrogen and oxygen atoms in total. The molecular weight excluding hydrogens is 304 g/mol. The number of alkyl carbamates (subject to hydrolysis) is 1. The van der Waals surface area contributed by atoms with Gasteiger partial charge in [-0.05, 0) is 24.6 Å². The minimum atomic E-state index is -4.97. The summed E-state index contributed by atoms with van der Waals surface area (Å²) in [7, 11) is 0. The largest absolute Gasteiger partial charge is 0.450 e. The SMILES string of the molecule is CCOC(=O)NCc1c(C(F)(F)F)cccc1C(F)(F)F. The summed E-state index contributed by atoms with van der Waals surface area (Å²) in [5, 5.41) is 1.86. The van der Waals surface area contributed by atoms with Gasteiger partial charge < -0.3 is 10.1 Å². The highest BCUT2D eigenvalue weighted by molar-refractivity contribution is 5.67. The van der Waals surface area contributed by atoms with Crippen LogP contribution in [-0.2, 0) is 23.6 Å². The maximum absolute atomic E-state index is 12.8. The van der Waals surface area contributed by atoms with E-state index in [9.17, 15) is 31.1 Å². The Labute approximate surface area is 115 Å². The number of alkyl halides is 6. The summed E-state index contributed by atoms with van der Waals surface area (Å²) in [6.07, 6.45) is -11.0. The van der Waals surface area contributed by atoms with Crippen LogP contribution < -0.4 is 5.32 Å². The maximum Gasteiger partial charge on any atom is 0.416 e. The Morgan fingerprint density at radius 1 is 1.10 bits per heavy atom. The first-order valence-electron chi connectivity index (χ1n) is 5.74. The first-order chi connectivity index (χ1) is 9.57. The molecule has 118 valence electrons. The molecule has 1 aromatic carbocycles. The Balaban J connectivity index is 3.21. The molecule has 1 amide bonds. The highest BCUT2D eigenvalue weighted by Crippen LogP contribution is 2.39. The van der Waals surface area contributed by atoms with E-state index in [2.05, 4.69) is 4.74 Å². The quantitative estimate of drug-likeness (QED) is 0.857. The van der Waals surface area contributed by atoms with E-state index in [1.807, 2.05) is 5.32 Å². The van der Waals surface area contributed by atoms with Crippen molar-refractivity contribution >= 4 is 6.09 Å². The number of halogens is 6. The van der Waals surface area contributed by atoms with Crippen molar-refractivity contribution in [1.82, 2.24) is 5.32 Å². The first-order valence-corrected chi connectivity index (χ1v) is 5.74. The fraction of sp³-hybridized carbons (Fsp3) is 0.417. The van der Waals surface area contributed by atoms with Crippen LogP contribution in [-0.4, -0.2) is 12.7 Å². The standard InChI is InChI=1S/C12H11F6NO2/c1-2-21-10(20)19-6-7-8(11(13,14)15)4-3-5-9(7)12(16,17)18/h3-5H,2,6H2,1H3,(H,19,20). The van der Waals surface area contributed by atoms with E-state index in [4.69, 9.17) is 0 Å². The van der Waals surface area contributed by atoms with Crippen LogP contribution in [0.25, 0.3) is 0 Å². The third-order valence-corrected chi connectivity index (χ3v) is 2.47. The minimum Gasteiger partial charge on any atom is -0.450 e. The summed E-state index contributed by atoms with van der Waals surface area (Å²) < 4.78 is 81.1. The van der Waals surface area contributed by atoms with Crippen LogP contribution in [0.4, 0.5) is 31.1 Å². The summed E-state index contributed by atoms with van der Waals surface area (Å²) in [5.41, 5.74) is -3.95. The normalized spacial score (nSPS) is 12.1. The van der Waals surface area contributed by atoms with Gasteiger partial charge in [0, 0.05) is 6.54 Å². The van der Waals surface area contributed by atoms with E-state index in [0.29, 0.717) is 18.2 Å². The van der Waals surface area contributed by atoms with Gasteiger partial charge in [-0.2, -0.15) is 26.3 Å². The zero-order valence-electron chi connectivity index (χ0n) is 10.7. The van der Waals surface area contributed by atoms with Crippen molar-refractivity contribution in [3.05, 3.63) is 34.9 Å². The lowest BCUT2D eigenvalue weighted by Gasteiger charge is -2.18. The Morgan fingerprint density at radius 2 is 1.57 bits per heavy atom. The molecule has 1 aromatic rings. The zero-order chi connectivity index (χ0) is 16.3. The number of nitrogens with one attached hydrogen (secondary N) is 1. The number of carbonyl (C=O) groups excluding carboxylic acids is 1. The highest BCUT2D eigenvalue weighted by Gasteiger charge is 2.40. The number of ether oxygens (including phenoxy) is 1. The summed E-state index contributed by atoms with van der Waals surface area (Å²) in [5.74, 6) is 0. The topological polar surface area (TPSA) is 38.3 Å². The van der Waals surface area contributed by atoms with Gasteiger partial charge in [0.1, 0.15) is 0 Å². The molecule has 0 fully saturated rings. The van der Waals surface area contributed by atoms with E-state index in [1.54, 1.807) is 0 Å². The van der Waals surface area contributed by atoms with E-state index < -0.39 is 41.7 Å². The van der Waals surface area contributed by atoms with E-state index in [1.165, 1.54) is 6.92 Å². The summed E-state index contributed by atoms with van der Waals surface area (Å²) in [6.45, 7) is 0.451. The molecule has 0 heterocycles. The third-order valence-electron chi connectivity index (χ3n) is 2.47. The van der Waals surface area contributed by atoms with E-state index >= 15 is 0 Å². The maximum atomic E-state index is 12.8. The summed E-state index contributed by atoms with van der Waals surface area (Å²) in [4.78, 5) is 11.0. The van der Waals surface area contributed by atoms with Crippen molar-refractivity contribution < 1.29 is 35.9 Å². The lowest BCUT2D eigenvalue weighted by atomic mass is 10.00. The second-order valence-corrected chi connectivity index (χ2v) is 3.90. The van der Waals surface area contributed by atoms with E-state index in [-0.39, 0.29) is 6.61 Å². The second kappa shape index (κ2) is 6.23. The fourth-order valence-corrected chi connectivity index (χ4v) is 1.65. The molecule has 0 radical (unpaired) electrons. The Bertz CT molecular complexity index is 477. The number of amides is 1. The van der Waals surface area contributed by atoms with Gasteiger partial charge in [0.15, 0.2) is 0 Å². The van der Waals surface area contributed by atoms with Gasteiger partial charge in [0.25, 0.3) is 0 Å². The van der Waals surface area contributed by atoms with Crippen LogP contribution in [0.3, 0.4) is 0 Å². The number of hydrogen-bond acceptors (Lipinski definition) is 2. The average molecular weight is 315 g/mol. The molecule has 0 aliphatic rings. The van der Waals surface area contributed by atoms with Gasteiger partial charge in [0.05, 0.1) is 17.7 Å². The zero-order valence-corrected chi connectivity index (χ0v) is 10.7. The van der Waals surface area contributed by atoms with Crippen molar-refractivity contribution in [3.63, 3.8) is 0 Å². The van der Waals surface area contributed by atoms with Crippen LogP contribution in [0.15, 0.2) is 18.2 Å². The molecule has 21 heavy (non-hydrogen) atoms. The lowest BCUT2D eigenvalue weighted by Crippen LogP contribution is -2.27. The predicted octanol–water partition coefficient (Wildman–Crippen LogP) is 3.97. The number of rotatable bonds is 3. The van der Waals surface area contributed by atoms with Crippen LogP contribution in [0, 0.1) is 0 Å². The number of carbonyl (C=O) groups is 1. The van der Waals surface area contributed by atoms with Gasteiger partial charge in [-0.1, -0.05) is 6.07 Å². The summed E-state index contributed by atoms with van der Waals surface area (Å²) >= 11 is 0. The molecule has 0 atom stereocenters. The molecule has 0 aromatic heterocycles. The minimum absolute atomic E-state index is 0.0567. The molecule has 0 unspecified atom stereocenters. The fourth-order valence-electron chi connectivity index (χ4n) is 1.65. The molecule has 1 rings (SSSR count). The van der Waals surface area contributed by atoms with Gasteiger partial charge in [0.2, 0.25) is 0 Å². The van der Waals surface area contributed by atoms with Gasteiger partial charge >= 0.3 is 18.4 Å². The first kappa shape index (κ1) is 17.1.